The van der Waals surface area contributed by atoms with Crippen molar-refractivity contribution >= 4 is 10.9 Å². The molecule has 3 nitrogen and oxygen atoms in total. The van der Waals surface area contributed by atoms with Gasteiger partial charge in [-0.2, -0.15) is 0 Å². The molecule has 0 spiro atoms. The normalized spacial score (nSPS) is 10.5. The highest BCUT2D eigenvalue weighted by Gasteiger charge is 2.05. The number of hydrogen-bond donors (Lipinski definition) is 2. The molecule has 0 atom stereocenters. The number of phenolic OH excluding ortho intramolecular Hbond substituents is 2. The predicted octanol–water partition coefficient (Wildman–Crippen LogP) is 1.95. The Morgan fingerprint density at radius 1 is 1.08 bits per heavy atom. The molecule has 2 rings (SSSR count). The van der Waals surface area contributed by atoms with Gasteiger partial charge in [0.15, 0.2) is 11.5 Å². The molecule has 0 radical (unpaired) electrons. The average molecular weight is 175 g/mol. The first-order valence-electron chi connectivity index (χ1n) is 3.97. The molecule has 0 saturated carbocycles. The van der Waals surface area contributed by atoms with Gasteiger partial charge in [-0.25, -0.2) is 4.98 Å². The fraction of sp³-hybridized carbons (Fsp3) is 0.100. The summed E-state index contributed by atoms with van der Waals surface area (Å²) in [6.45, 7) is 1.84. The highest BCUT2D eigenvalue weighted by atomic mass is 16.3. The van der Waals surface area contributed by atoms with Crippen molar-refractivity contribution in [3.63, 3.8) is 0 Å². The lowest BCUT2D eigenvalue weighted by molar-refractivity contribution is 0.407. The molecule has 0 bridgehead atoms. The van der Waals surface area contributed by atoms with Gasteiger partial charge >= 0.3 is 0 Å². The number of fused-ring (bicyclic) bond motifs is 1. The number of rotatable bonds is 0. The SMILES string of the molecule is Cc1ccc2ccc(O)c(O)c2n1. The monoisotopic (exact) mass is 175 g/mol. The Kier molecular flexibility index (Phi) is 1.59. The maximum absolute atomic E-state index is 9.47. The van der Waals surface area contributed by atoms with E-state index in [2.05, 4.69) is 4.98 Å². The number of pyridine rings is 1. The summed E-state index contributed by atoms with van der Waals surface area (Å²) in [4.78, 5) is 4.13. The molecule has 2 aromatic rings. The predicted molar refractivity (Wildman–Crippen MR) is 49.8 cm³/mol. The number of benzene rings is 1. The Morgan fingerprint density at radius 2 is 1.77 bits per heavy atom. The van der Waals surface area contributed by atoms with E-state index in [9.17, 15) is 10.2 Å². The first kappa shape index (κ1) is 7.86. The smallest absolute Gasteiger partial charge is 0.184 e. The minimum atomic E-state index is -0.152. The molecule has 0 saturated heterocycles. The number of aromatic hydroxyl groups is 2. The van der Waals surface area contributed by atoms with E-state index in [0.29, 0.717) is 5.52 Å². The van der Waals surface area contributed by atoms with E-state index in [1.807, 2.05) is 19.1 Å². The summed E-state index contributed by atoms with van der Waals surface area (Å²) in [5.74, 6) is -0.285. The highest BCUT2D eigenvalue weighted by molar-refractivity contribution is 5.86. The third-order valence-electron chi connectivity index (χ3n) is 1.95. The molecule has 0 amide bonds. The maximum atomic E-state index is 9.47. The average Bonchev–Trinajstić information content (AvgIpc) is 2.12. The summed E-state index contributed by atoms with van der Waals surface area (Å²) in [6, 6.07) is 6.89. The van der Waals surface area contributed by atoms with Gasteiger partial charge in [0.25, 0.3) is 0 Å². The summed E-state index contributed by atoms with van der Waals surface area (Å²) in [5, 5.41) is 19.5. The number of phenols is 2. The van der Waals surface area contributed by atoms with Gasteiger partial charge in [-0.1, -0.05) is 6.07 Å². The van der Waals surface area contributed by atoms with Crippen LogP contribution >= 0.6 is 0 Å². The van der Waals surface area contributed by atoms with Gasteiger partial charge in [-0.15, -0.1) is 0 Å². The van der Waals surface area contributed by atoms with E-state index >= 15 is 0 Å². The zero-order valence-corrected chi connectivity index (χ0v) is 7.15. The van der Waals surface area contributed by atoms with Crippen molar-refractivity contribution in [3.05, 3.63) is 30.0 Å². The van der Waals surface area contributed by atoms with Crippen LogP contribution in [0.3, 0.4) is 0 Å². The van der Waals surface area contributed by atoms with Crippen molar-refractivity contribution in [2.75, 3.05) is 0 Å². The molecular formula is C10H9NO2. The van der Waals surface area contributed by atoms with Crippen molar-refractivity contribution in [2.45, 2.75) is 6.92 Å². The summed E-state index contributed by atoms with van der Waals surface area (Å²) in [6.07, 6.45) is 0. The first-order valence-corrected chi connectivity index (χ1v) is 3.97. The zero-order valence-electron chi connectivity index (χ0n) is 7.15. The lowest BCUT2D eigenvalue weighted by atomic mass is 10.2. The van der Waals surface area contributed by atoms with E-state index in [1.54, 1.807) is 6.07 Å². The van der Waals surface area contributed by atoms with Crippen molar-refractivity contribution < 1.29 is 10.2 Å². The Morgan fingerprint density at radius 3 is 2.54 bits per heavy atom. The van der Waals surface area contributed by atoms with Gasteiger partial charge in [-0.3, -0.25) is 0 Å². The Balaban J connectivity index is 2.89. The van der Waals surface area contributed by atoms with E-state index in [4.69, 9.17) is 0 Å². The van der Waals surface area contributed by atoms with Gasteiger partial charge in [0.2, 0.25) is 0 Å². The van der Waals surface area contributed by atoms with Crippen LogP contribution in [-0.2, 0) is 0 Å². The molecule has 0 aliphatic rings. The molecule has 0 aliphatic heterocycles. The van der Waals surface area contributed by atoms with Crippen LogP contribution in [0.4, 0.5) is 0 Å². The summed E-state index contributed by atoms with van der Waals surface area (Å²) >= 11 is 0. The Labute approximate surface area is 75.3 Å². The van der Waals surface area contributed by atoms with Crippen LogP contribution in [0.15, 0.2) is 24.3 Å². The molecule has 0 fully saturated rings. The molecule has 13 heavy (non-hydrogen) atoms. The Hall–Kier alpha value is -1.77. The molecule has 2 N–H and O–H groups in total. The first-order chi connectivity index (χ1) is 6.18. The maximum Gasteiger partial charge on any atom is 0.184 e. The van der Waals surface area contributed by atoms with Gasteiger partial charge in [-0.05, 0) is 25.1 Å². The minimum Gasteiger partial charge on any atom is -0.504 e. The van der Waals surface area contributed by atoms with Crippen LogP contribution < -0.4 is 0 Å². The minimum absolute atomic E-state index is 0.134. The number of aromatic nitrogens is 1. The van der Waals surface area contributed by atoms with Crippen molar-refractivity contribution in [1.29, 1.82) is 0 Å². The summed E-state index contributed by atoms with van der Waals surface area (Å²) in [7, 11) is 0. The third-order valence-corrected chi connectivity index (χ3v) is 1.95. The van der Waals surface area contributed by atoms with Crippen LogP contribution in [0.1, 0.15) is 5.69 Å². The van der Waals surface area contributed by atoms with E-state index in [-0.39, 0.29) is 11.5 Å². The van der Waals surface area contributed by atoms with Crippen molar-refractivity contribution in [1.82, 2.24) is 4.98 Å². The van der Waals surface area contributed by atoms with E-state index < -0.39 is 0 Å². The van der Waals surface area contributed by atoms with Crippen molar-refractivity contribution in [2.24, 2.45) is 0 Å². The molecule has 0 unspecified atom stereocenters. The van der Waals surface area contributed by atoms with E-state index in [1.165, 1.54) is 6.07 Å². The largest absolute Gasteiger partial charge is 0.504 e. The molecule has 1 aromatic carbocycles. The van der Waals surface area contributed by atoms with Gasteiger partial charge < -0.3 is 10.2 Å². The van der Waals surface area contributed by atoms with Crippen LogP contribution in [0.2, 0.25) is 0 Å². The van der Waals surface area contributed by atoms with Gasteiger partial charge in [0.1, 0.15) is 5.52 Å². The number of nitrogens with zero attached hydrogens (tertiary/aromatic N) is 1. The lowest BCUT2D eigenvalue weighted by Crippen LogP contribution is -1.83. The number of aryl methyl sites for hydroxylation is 1. The molecular weight excluding hydrogens is 166 g/mol. The molecule has 3 heteroatoms. The standard InChI is InChI=1S/C10H9NO2/c1-6-2-3-7-4-5-8(12)10(13)9(7)11-6/h2-5,12-13H,1H3. The third kappa shape index (κ3) is 1.18. The number of hydrogen-bond acceptors (Lipinski definition) is 3. The second-order valence-corrected chi connectivity index (χ2v) is 2.96. The highest BCUT2D eigenvalue weighted by Crippen LogP contribution is 2.31. The van der Waals surface area contributed by atoms with Crippen LogP contribution in [-0.4, -0.2) is 15.2 Å². The molecule has 0 aliphatic carbocycles. The molecule has 1 heterocycles. The fourth-order valence-electron chi connectivity index (χ4n) is 1.26. The summed E-state index contributed by atoms with van der Waals surface area (Å²) < 4.78 is 0. The van der Waals surface area contributed by atoms with E-state index in [0.717, 1.165) is 11.1 Å². The molecule has 66 valence electrons. The topological polar surface area (TPSA) is 53.4 Å². The summed E-state index contributed by atoms with van der Waals surface area (Å²) in [5.41, 5.74) is 1.26. The quantitative estimate of drug-likeness (QED) is 0.602. The lowest BCUT2D eigenvalue weighted by Gasteiger charge is -2.02. The second kappa shape index (κ2) is 2.62. The van der Waals surface area contributed by atoms with Crippen LogP contribution in [0.5, 0.6) is 11.5 Å². The van der Waals surface area contributed by atoms with Gasteiger partial charge in [0, 0.05) is 11.1 Å². The van der Waals surface area contributed by atoms with Gasteiger partial charge in [0.05, 0.1) is 0 Å². The zero-order chi connectivity index (χ0) is 9.42. The second-order valence-electron chi connectivity index (χ2n) is 2.96. The van der Waals surface area contributed by atoms with Crippen LogP contribution in [0, 0.1) is 6.92 Å². The Bertz CT molecular complexity index is 460. The molecule has 1 aromatic heterocycles. The fourth-order valence-corrected chi connectivity index (χ4v) is 1.26. The van der Waals surface area contributed by atoms with Crippen LogP contribution in [0.25, 0.3) is 10.9 Å². The van der Waals surface area contributed by atoms with Crippen molar-refractivity contribution in [3.8, 4) is 11.5 Å².